The highest BCUT2D eigenvalue weighted by molar-refractivity contribution is 5.96. The molecule has 0 unspecified atom stereocenters. The van der Waals surface area contributed by atoms with Crippen molar-refractivity contribution in [3.05, 3.63) is 76.7 Å². The minimum absolute atomic E-state index is 0.230. The van der Waals surface area contributed by atoms with Gasteiger partial charge >= 0.3 is 0 Å². The van der Waals surface area contributed by atoms with Crippen LogP contribution in [0.1, 0.15) is 57.6 Å². The average molecular weight is 603 g/mol. The molecule has 3 amide bonds. The summed E-state index contributed by atoms with van der Waals surface area (Å²) in [4.78, 5) is 43.7. The molecule has 3 aromatic rings. The van der Waals surface area contributed by atoms with Gasteiger partial charge in [0.2, 0.25) is 0 Å². The van der Waals surface area contributed by atoms with E-state index < -0.39 is 12.1 Å². The predicted octanol–water partition coefficient (Wildman–Crippen LogP) is 3.16. The number of hydrogen-bond donors (Lipinski definition) is 2. The molecule has 1 aromatic heterocycles. The fourth-order valence-corrected chi connectivity index (χ4v) is 5.98. The third-order valence-electron chi connectivity index (χ3n) is 8.38. The molecule has 44 heavy (non-hydrogen) atoms. The van der Waals surface area contributed by atoms with Crippen LogP contribution >= 0.6 is 0 Å². The Kier molecular flexibility index (Phi) is 8.74. The molecule has 232 valence electrons. The molecule has 0 aliphatic carbocycles. The first-order valence-corrected chi connectivity index (χ1v) is 15.2. The first-order chi connectivity index (χ1) is 21.4. The molecule has 2 fully saturated rings. The van der Waals surface area contributed by atoms with Gasteiger partial charge in [0.25, 0.3) is 17.7 Å². The molecule has 0 spiro atoms. The van der Waals surface area contributed by atoms with Gasteiger partial charge in [0.15, 0.2) is 23.9 Å². The highest BCUT2D eigenvalue weighted by Crippen LogP contribution is 2.29. The number of aryl methyl sites for hydroxylation is 1. The second-order valence-corrected chi connectivity index (χ2v) is 11.4. The summed E-state index contributed by atoms with van der Waals surface area (Å²) in [7, 11) is 1.49. The van der Waals surface area contributed by atoms with Gasteiger partial charge < -0.3 is 34.2 Å². The molecule has 11 nitrogen and oxygen atoms in total. The molecule has 4 aliphatic rings. The van der Waals surface area contributed by atoms with Gasteiger partial charge in [-0.3, -0.25) is 19.3 Å². The lowest BCUT2D eigenvalue weighted by molar-refractivity contribution is -0.123. The van der Waals surface area contributed by atoms with Gasteiger partial charge in [0.1, 0.15) is 17.6 Å². The van der Waals surface area contributed by atoms with Crippen molar-refractivity contribution in [1.82, 2.24) is 20.4 Å². The van der Waals surface area contributed by atoms with Gasteiger partial charge in [-0.25, -0.2) is 0 Å². The fraction of sp³-hybridized carbons (Fsp3) is 0.424. The number of carbonyl (C=O) groups excluding carboxylic acids is 3. The van der Waals surface area contributed by atoms with Crippen molar-refractivity contribution in [2.45, 2.75) is 51.4 Å². The molecule has 7 rings (SSSR count). The lowest BCUT2D eigenvalue weighted by atomic mass is 10.1. The lowest BCUT2D eigenvalue weighted by Crippen LogP contribution is -2.45. The Morgan fingerprint density at radius 1 is 1.05 bits per heavy atom. The van der Waals surface area contributed by atoms with Crippen LogP contribution in [0.2, 0.25) is 0 Å². The van der Waals surface area contributed by atoms with Crippen molar-refractivity contribution in [3.63, 3.8) is 0 Å². The molecule has 2 atom stereocenters. The monoisotopic (exact) mass is 602 g/mol. The van der Waals surface area contributed by atoms with Crippen LogP contribution < -0.4 is 24.8 Å². The predicted molar refractivity (Wildman–Crippen MR) is 161 cm³/mol. The molecule has 2 saturated heterocycles. The van der Waals surface area contributed by atoms with Crippen LogP contribution in [-0.2, 0) is 24.3 Å². The Bertz CT molecular complexity index is 1510. The summed E-state index contributed by atoms with van der Waals surface area (Å²) in [5, 5.41) is 5.89. The molecule has 4 bridgehead atoms. The van der Waals surface area contributed by atoms with Crippen LogP contribution in [0.4, 0.5) is 0 Å². The van der Waals surface area contributed by atoms with Gasteiger partial charge in [0.05, 0.1) is 19.7 Å². The Balaban J connectivity index is 1.26. The number of fused-ring (bicyclic) bond motifs is 7. The summed E-state index contributed by atoms with van der Waals surface area (Å²) in [6, 6.07) is 13.5. The normalized spacial score (nSPS) is 20.7. The number of ether oxygens (including phenoxy) is 3. The standard InChI is InChI=1S/C33H38N4O7/c1-3-26-23(17-36-12-4-5-13-36)15-29(44-26)33(40)37-18-25-30(19-37)43-24-9-6-21(7-10-24)16-34-31(38)20-42-28-14-22(32(39)35-25)8-11-27(28)41-2/h6-11,14-15,25,30H,3-5,12-13,16-20H2,1-2H3,(H,34,38)(H,35,39)/t25-,30-/m0/s1. The van der Waals surface area contributed by atoms with Crippen molar-refractivity contribution in [2.24, 2.45) is 0 Å². The van der Waals surface area contributed by atoms with Crippen molar-refractivity contribution in [1.29, 1.82) is 0 Å². The zero-order chi connectivity index (χ0) is 30.6. The number of nitrogens with zero attached hydrogens (tertiary/aromatic N) is 2. The first kappa shape index (κ1) is 29.6. The second-order valence-electron chi connectivity index (χ2n) is 11.4. The van der Waals surface area contributed by atoms with Gasteiger partial charge in [-0.1, -0.05) is 19.1 Å². The summed E-state index contributed by atoms with van der Waals surface area (Å²) in [5.74, 6) is 1.50. The summed E-state index contributed by atoms with van der Waals surface area (Å²) in [6.45, 7) is 5.51. The maximum Gasteiger partial charge on any atom is 0.289 e. The topological polar surface area (TPSA) is 123 Å². The van der Waals surface area contributed by atoms with Crippen LogP contribution in [0.5, 0.6) is 17.2 Å². The molecular weight excluding hydrogens is 564 g/mol. The van der Waals surface area contributed by atoms with E-state index in [2.05, 4.69) is 15.5 Å². The third-order valence-corrected chi connectivity index (χ3v) is 8.38. The summed E-state index contributed by atoms with van der Waals surface area (Å²) in [5.41, 5.74) is 2.26. The number of nitrogens with one attached hydrogen (secondary N) is 2. The van der Waals surface area contributed by atoms with E-state index in [0.29, 0.717) is 35.8 Å². The fourth-order valence-electron chi connectivity index (χ4n) is 5.98. The number of furan rings is 1. The number of rotatable bonds is 5. The zero-order valence-electron chi connectivity index (χ0n) is 25.1. The van der Waals surface area contributed by atoms with E-state index in [-0.39, 0.29) is 43.2 Å². The van der Waals surface area contributed by atoms with E-state index in [9.17, 15) is 14.4 Å². The maximum atomic E-state index is 13.8. The summed E-state index contributed by atoms with van der Waals surface area (Å²) < 4.78 is 23.5. The van der Waals surface area contributed by atoms with Crippen molar-refractivity contribution >= 4 is 17.7 Å². The third kappa shape index (κ3) is 6.52. The van der Waals surface area contributed by atoms with E-state index >= 15 is 0 Å². The van der Waals surface area contributed by atoms with Gasteiger partial charge in [-0.2, -0.15) is 0 Å². The quantitative estimate of drug-likeness (QED) is 0.457. The van der Waals surface area contributed by atoms with Gasteiger partial charge in [-0.05, 0) is 67.9 Å². The van der Waals surface area contributed by atoms with Crippen LogP contribution in [0.25, 0.3) is 0 Å². The van der Waals surface area contributed by atoms with Crippen molar-refractivity contribution in [3.8, 4) is 17.2 Å². The Morgan fingerprint density at radius 2 is 1.84 bits per heavy atom. The average Bonchev–Trinajstić information content (AvgIpc) is 3.80. The molecule has 0 saturated carbocycles. The molecule has 0 radical (unpaired) electrons. The Hall–Kier alpha value is -4.51. The Labute approximate surface area is 256 Å². The second kappa shape index (κ2) is 13.0. The molecule has 2 aromatic carbocycles. The minimum atomic E-state index is -0.511. The first-order valence-electron chi connectivity index (χ1n) is 15.2. The minimum Gasteiger partial charge on any atom is -0.493 e. The largest absolute Gasteiger partial charge is 0.493 e. The van der Waals surface area contributed by atoms with Gasteiger partial charge in [-0.15, -0.1) is 0 Å². The molecule has 11 heteroatoms. The van der Waals surface area contributed by atoms with Crippen LogP contribution in [0.15, 0.2) is 52.9 Å². The molecular formula is C33H38N4O7. The van der Waals surface area contributed by atoms with Crippen molar-refractivity contribution in [2.75, 3.05) is 39.9 Å². The number of likely N-dealkylation sites (tertiary alicyclic amines) is 2. The highest BCUT2D eigenvalue weighted by atomic mass is 16.5. The summed E-state index contributed by atoms with van der Waals surface area (Å²) in [6.07, 6.45) is 2.58. The van der Waals surface area contributed by atoms with E-state index in [1.807, 2.05) is 37.3 Å². The lowest BCUT2D eigenvalue weighted by Gasteiger charge is -2.21. The number of carbonyl (C=O) groups is 3. The smallest absolute Gasteiger partial charge is 0.289 e. The van der Waals surface area contributed by atoms with Crippen molar-refractivity contribution < 1.29 is 33.0 Å². The number of benzene rings is 2. The van der Waals surface area contributed by atoms with E-state index in [4.69, 9.17) is 18.6 Å². The van der Waals surface area contributed by atoms with E-state index in [1.165, 1.54) is 20.0 Å². The molecule has 2 N–H and O–H groups in total. The van der Waals surface area contributed by atoms with Crippen LogP contribution in [0, 0.1) is 0 Å². The van der Waals surface area contributed by atoms with Crippen LogP contribution in [-0.4, -0.2) is 79.6 Å². The maximum absolute atomic E-state index is 13.8. The number of methoxy groups -OCH3 is 1. The van der Waals surface area contributed by atoms with Crippen LogP contribution in [0.3, 0.4) is 0 Å². The molecule has 4 aliphatic heterocycles. The number of hydrogen-bond acceptors (Lipinski definition) is 8. The van der Waals surface area contributed by atoms with E-state index in [0.717, 1.165) is 36.5 Å². The van der Waals surface area contributed by atoms with Gasteiger partial charge in [0, 0.05) is 37.2 Å². The summed E-state index contributed by atoms with van der Waals surface area (Å²) >= 11 is 0. The number of amides is 3. The zero-order valence-corrected chi connectivity index (χ0v) is 25.1. The highest BCUT2D eigenvalue weighted by Gasteiger charge is 2.39. The molecule has 5 heterocycles. The Morgan fingerprint density at radius 3 is 2.59 bits per heavy atom. The SMILES string of the molecule is CCc1oc(C(=O)N2C[C@@H]3NC(=O)c4ccc(OC)c(c4)OCC(=O)NCc4ccc(cc4)O[C@H]3C2)cc1CN1CCCC1. The van der Waals surface area contributed by atoms with E-state index in [1.54, 1.807) is 23.1 Å².